The molecule has 1 saturated carbocycles. The molecule has 0 radical (unpaired) electrons. The van der Waals surface area contributed by atoms with Crippen LogP contribution in [-0.4, -0.2) is 45.9 Å². The fraction of sp³-hybridized carbons (Fsp3) is 0.600. The molecule has 1 amide bonds. The van der Waals surface area contributed by atoms with Gasteiger partial charge in [0.2, 0.25) is 0 Å². The summed E-state index contributed by atoms with van der Waals surface area (Å²) in [5.41, 5.74) is -3.50. The van der Waals surface area contributed by atoms with Gasteiger partial charge in [0.1, 0.15) is 5.60 Å². The summed E-state index contributed by atoms with van der Waals surface area (Å²) >= 11 is 0. The molecule has 0 spiro atoms. The van der Waals surface area contributed by atoms with Gasteiger partial charge < -0.3 is 19.5 Å². The van der Waals surface area contributed by atoms with Gasteiger partial charge in [-0.15, -0.1) is 5.06 Å². The Morgan fingerprint density at radius 3 is 2.05 bits per heavy atom. The summed E-state index contributed by atoms with van der Waals surface area (Å²) in [5, 5.41) is 4.39. The lowest BCUT2D eigenvalue weighted by atomic mass is 9.95. The van der Waals surface area contributed by atoms with Crippen molar-refractivity contribution >= 4 is 12.1 Å². The third-order valence-electron chi connectivity index (χ3n) is 7.73. The number of amides is 1. The quantitative estimate of drug-likeness (QED) is 0.264. The maximum Gasteiger partial charge on any atom is 0.528 e. The first-order chi connectivity index (χ1) is 19.9. The number of hydrogen-bond acceptors (Lipinski definition) is 5. The van der Waals surface area contributed by atoms with Crippen molar-refractivity contribution in [2.45, 2.75) is 109 Å². The lowest BCUT2D eigenvalue weighted by Crippen LogP contribution is -2.38. The van der Waals surface area contributed by atoms with Gasteiger partial charge in [0.15, 0.2) is 0 Å². The number of hydrogen-bond donors (Lipinski definition) is 1. The number of halogens is 6. The van der Waals surface area contributed by atoms with E-state index in [4.69, 9.17) is 9.57 Å². The van der Waals surface area contributed by atoms with Crippen molar-refractivity contribution in [1.29, 1.82) is 0 Å². The Bertz CT molecular complexity index is 1290. The lowest BCUT2D eigenvalue weighted by molar-refractivity contribution is -0.152. The molecule has 2 heterocycles. The summed E-state index contributed by atoms with van der Waals surface area (Å²) in [4.78, 5) is 31.2. The highest BCUT2D eigenvalue weighted by atomic mass is 19.4. The van der Waals surface area contributed by atoms with Crippen molar-refractivity contribution in [1.82, 2.24) is 14.9 Å². The molecular formula is C30H37F6N3O4. The van der Waals surface area contributed by atoms with E-state index < -0.39 is 47.2 Å². The van der Waals surface area contributed by atoms with Crippen molar-refractivity contribution < 1.29 is 45.5 Å². The van der Waals surface area contributed by atoms with Crippen LogP contribution < -0.4 is 5.32 Å². The second-order valence-electron chi connectivity index (χ2n) is 12.2. The van der Waals surface area contributed by atoms with Gasteiger partial charge in [-0.2, -0.15) is 26.3 Å². The van der Waals surface area contributed by atoms with Crippen molar-refractivity contribution in [2.75, 3.05) is 6.54 Å². The number of carbonyl (C=O) groups is 2. The Hall–Kier alpha value is -3.22. The molecule has 1 aromatic heterocycles. The summed E-state index contributed by atoms with van der Waals surface area (Å²) in [6.45, 7) is 7.03. The standard InChI is InChI=1S/C30H37F6N3O4/c1-18-24(26(40)37-22-9-6-5-7-10-22)16-25(19-13-20(29(31,32)33)15-21(14-19)30(34,35)36)38(18)17-23-11-8-12-39(23)43-27(41)42-28(2,3)4/h13-16,22-23H,5-12,17H2,1-4H3,(H,37,40)/t23-/m1/s1. The lowest BCUT2D eigenvalue weighted by Gasteiger charge is -2.27. The zero-order valence-electron chi connectivity index (χ0n) is 24.6. The van der Waals surface area contributed by atoms with Crippen molar-refractivity contribution in [3.63, 3.8) is 0 Å². The fourth-order valence-electron chi connectivity index (χ4n) is 5.65. The van der Waals surface area contributed by atoms with E-state index in [1.807, 2.05) is 0 Å². The topological polar surface area (TPSA) is 72.8 Å². The highest BCUT2D eigenvalue weighted by Crippen LogP contribution is 2.40. The highest BCUT2D eigenvalue weighted by Gasteiger charge is 2.38. The van der Waals surface area contributed by atoms with E-state index in [2.05, 4.69) is 5.32 Å². The smallest absolute Gasteiger partial charge is 0.427 e. The molecule has 2 aliphatic rings. The van der Waals surface area contributed by atoms with E-state index in [0.717, 1.165) is 32.1 Å². The molecule has 1 atom stereocenters. The first-order valence-corrected chi connectivity index (χ1v) is 14.4. The third-order valence-corrected chi connectivity index (χ3v) is 7.73. The molecule has 1 aromatic carbocycles. The van der Waals surface area contributed by atoms with Gasteiger partial charge in [-0.3, -0.25) is 4.79 Å². The minimum absolute atomic E-state index is 0.0204. The fourth-order valence-corrected chi connectivity index (χ4v) is 5.65. The largest absolute Gasteiger partial charge is 0.528 e. The van der Waals surface area contributed by atoms with Crippen molar-refractivity contribution in [3.8, 4) is 11.3 Å². The van der Waals surface area contributed by atoms with Gasteiger partial charge in [0.25, 0.3) is 5.91 Å². The first kappa shape index (κ1) is 32.7. The average molecular weight is 618 g/mol. The molecule has 1 aliphatic heterocycles. The molecule has 0 bridgehead atoms. The maximum atomic E-state index is 13.7. The molecule has 1 saturated heterocycles. The van der Waals surface area contributed by atoms with E-state index in [1.165, 1.54) is 15.7 Å². The van der Waals surface area contributed by atoms with Crippen LogP contribution in [0.4, 0.5) is 31.1 Å². The van der Waals surface area contributed by atoms with Gasteiger partial charge >= 0.3 is 18.5 Å². The predicted molar refractivity (Wildman–Crippen MR) is 146 cm³/mol. The number of carbonyl (C=O) groups excluding carboxylic acids is 2. The minimum Gasteiger partial charge on any atom is -0.427 e. The number of hydroxylamine groups is 2. The summed E-state index contributed by atoms with van der Waals surface area (Å²) in [6, 6.07) is 2.20. The van der Waals surface area contributed by atoms with Gasteiger partial charge in [-0.25, -0.2) is 4.79 Å². The van der Waals surface area contributed by atoms with Gasteiger partial charge in [-0.1, -0.05) is 19.3 Å². The molecule has 0 unspecified atom stereocenters. The second-order valence-corrected chi connectivity index (χ2v) is 12.2. The highest BCUT2D eigenvalue weighted by molar-refractivity contribution is 5.97. The molecule has 238 valence electrons. The predicted octanol–water partition coefficient (Wildman–Crippen LogP) is 7.89. The number of ether oxygens (including phenoxy) is 1. The van der Waals surface area contributed by atoms with Crippen molar-refractivity contribution in [3.05, 3.63) is 46.6 Å². The van der Waals surface area contributed by atoms with Crippen LogP contribution in [0.1, 0.15) is 92.9 Å². The zero-order chi connectivity index (χ0) is 31.7. The number of alkyl halides is 6. The van der Waals surface area contributed by atoms with Crippen LogP contribution in [0.3, 0.4) is 0 Å². The van der Waals surface area contributed by atoms with Crippen LogP contribution in [0.15, 0.2) is 24.3 Å². The number of nitrogens with one attached hydrogen (secondary N) is 1. The molecule has 1 aliphatic carbocycles. The minimum atomic E-state index is -5.03. The Kier molecular flexibility index (Phi) is 9.44. The molecule has 4 rings (SSSR count). The molecule has 7 nitrogen and oxygen atoms in total. The van der Waals surface area contributed by atoms with Crippen LogP contribution in [0, 0.1) is 6.92 Å². The number of aromatic nitrogens is 1. The Morgan fingerprint density at radius 2 is 1.49 bits per heavy atom. The Labute approximate surface area is 246 Å². The Morgan fingerprint density at radius 1 is 0.884 bits per heavy atom. The average Bonchev–Trinajstić information content (AvgIpc) is 3.46. The second kappa shape index (κ2) is 12.4. The molecule has 2 aromatic rings. The maximum absolute atomic E-state index is 13.7. The molecule has 2 fully saturated rings. The van der Waals surface area contributed by atoms with E-state index in [1.54, 1.807) is 27.7 Å². The SMILES string of the molecule is Cc1c(C(=O)NC2CCCCC2)cc(-c2cc(C(F)(F)F)cc(C(F)(F)F)c2)n1C[C@H]1CCCN1OC(=O)OC(C)(C)C. The van der Waals surface area contributed by atoms with Crippen LogP contribution in [0.25, 0.3) is 11.3 Å². The van der Waals surface area contributed by atoms with E-state index in [0.29, 0.717) is 37.2 Å². The van der Waals surface area contributed by atoms with Gasteiger partial charge in [-0.05, 0) is 83.2 Å². The number of rotatable bonds is 6. The molecular weight excluding hydrogens is 580 g/mol. The van der Waals surface area contributed by atoms with E-state index >= 15 is 0 Å². The number of nitrogens with zero attached hydrogens (tertiary/aromatic N) is 2. The number of benzene rings is 1. The van der Waals surface area contributed by atoms with Crippen LogP contribution in [0.5, 0.6) is 0 Å². The van der Waals surface area contributed by atoms with E-state index in [9.17, 15) is 35.9 Å². The molecule has 13 heteroatoms. The van der Waals surface area contributed by atoms with Gasteiger partial charge in [0.05, 0.1) is 22.7 Å². The summed E-state index contributed by atoms with van der Waals surface area (Å²) < 4.78 is 89.2. The first-order valence-electron chi connectivity index (χ1n) is 14.4. The van der Waals surface area contributed by atoms with Crippen molar-refractivity contribution in [2.24, 2.45) is 0 Å². The normalized spacial score (nSPS) is 19.0. The summed E-state index contributed by atoms with van der Waals surface area (Å²) in [7, 11) is 0. The van der Waals surface area contributed by atoms with Crippen LogP contribution in [-0.2, 0) is 28.5 Å². The zero-order valence-corrected chi connectivity index (χ0v) is 24.6. The molecule has 1 N–H and O–H groups in total. The Balaban J connectivity index is 1.75. The summed E-state index contributed by atoms with van der Waals surface area (Å²) in [5.74, 6) is -0.444. The third kappa shape index (κ3) is 8.24. The van der Waals surface area contributed by atoms with E-state index in [-0.39, 0.29) is 35.5 Å². The summed E-state index contributed by atoms with van der Waals surface area (Å²) in [6.07, 6.45) is -5.29. The van der Waals surface area contributed by atoms with Crippen LogP contribution in [0.2, 0.25) is 0 Å². The monoisotopic (exact) mass is 617 g/mol. The van der Waals surface area contributed by atoms with Crippen LogP contribution >= 0.6 is 0 Å². The molecule has 43 heavy (non-hydrogen) atoms. The van der Waals surface area contributed by atoms with Gasteiger partial charge in [0, 0.05) is 30.5 Å².